The molecule has 0 aromatic carbocycles. The standard InChI is InChI=1S/C46H90O7/c1-9-17-21-23-25-27-29-31-33-41(47-35-13-5)43(49-37-15-7)45(51-39-19-11-3)53-46(52-40-20-12-4)44(50-38-16-8)42(48-36-14-6)34-32-30-28-26-24-22-18-10-2/h45-46H,9-40H2,1-8H3. The number of rotatable bonds is 42. The van der Waals surface area contributed by atoms with Gasteiger partial charge in [-0.3, -0.25) is 0 Å². The van der Waals surface area contributed by atoms with Gasteiger partial charge >= 0.3 is 0 Å². The summed E-state index contributed by atoms with van der Waals surface area (Å²) in [4.78, 5) is 0. The van der Waals surface area contributed by atoms with Crippen molar-refractivity contribution in [1.29, 1.82) is 0 Å². The summed E-state index contributed by atoms with van der Waals surface area (Å²) < 4.78 is 46.3. The molecule has 0 saturated heterocycles. The monoisotopic (exact) mass is 755 g/mol. The van der Waals surface area contributed by atoms with Gasteiger partial charge < -0.3 is 33.2 Å². The van der Waals surface area contributed by atoms with Gasteiger partial charge in [-0.1, -0.05) is 158 Å². The van der Waals surface area contributed by atoms with Gasteiger partial charge in [0.05, 0.1) is 39.6 Å². The van der Waals surface area contributed by atoms with Crippen molar-refractivity contribution >= 4 is 0 Å². The van der Waals surface area contributed by atoms with Crippen LogP contribution in [0.1, 0.15) is 222 Å². The Bertz CT molecular complexity index is 761. The molecule has 2 atom stereocenters. The quantitative estimate of drug-likeness (QED) is 0.0349. The molecule has 7 nitrogen and oxygen atoms in total. The molecule has 0 saturated carbocycles. The molecule has 0 aliphatic carbocycles. The Balaban J connectivity index is 6.69. The van der Waals surface area contributed by atoms with E-state index in [-0.39, 0.29) is 0 Å². The zero-order valence-corrected chi connectivity index (χ0v) is 36.6. The van der Waals surface area contributed by atoms with Crippen molar-refractivity contribution in [3.8, 4) is 0 Å². The fourth-order valence-corrected chi connectivity index (χ4v) is 5.94. The summed E-state index contributed by atoms with van der Waals surface area (Å²) in [7, 11) is 0. The van der Waals surface area contributed by atoms with Crippen molar-refractivity contribution in [3.63, 3.8) is 0 Å². The van der Waals surface area contributed by atoms with E-state index >= 15 is 0 Å². The van der Waals surface area contributed by atoms with Gasteiger partial charge in [0.2, 0.25) is 12.6 Å². The van der Waals surface area contributed by atoms with Crippen molar-refractivity contribution in [2.45, 2.75) is 235 Å². The zero-order chi connectivity index (χ0) is 39.0. The summed E-state index contributed by atoms with van der Waals surface area (Å²) in [6.45, 7) is 20.9. The average molecular weight is 755 g/mol. The first-order chi connectivity index (χ1) is 26.1. The molecular weight excluding hydrogens is 664 g/mol. The summed E-state index contributed by atoms with van der Waals surface area (Å²) in [6.07, 6.45) is 27.6. The zero-order valence-electron chi connectivity index (χ0n) is 36.6. The molecule has 0 radical (unpaired) electrons. The highest BCUT2D eigenvalue weighted by molar-refractivity contribution is 5.09. The molecule has 0 rings (SSSR count). The fraction of sp³-hybridized carbons (Fsp3) is 0.913. The van der Waals surface area contributed by atoms with Crippen LogP contribution in [-0.4, -0.2) is 52.2 Å². The van der Waals surface area contributed by atoms with Gasteiger partial charge in [0.1, 0.15) is 11.5 Å². The Morgan fingerprint density at radius 1 is 0.302 bits per heavy atom. The van der Waals surface area contributed by atoms with Gasteiger partial charge in [0, 0.05) is 12.8 Å². The molecular formula is C46H90O7. The van der Waals surface area contributed by atoms with Crippen molar-refractivity contribution < 1.29 is 33.2 Å². The van der Waals surface area contributed by atoms with E-state index in [2.05, 4.69) is 55.4 Å². The summed E-state index contributed by atoms with van der Waals surface area (Å²) in [5.41, 5.74) is 0. The first-order valence-corrected chi connectivity index (χ1v) is 22.9. The van der Waals surface area contributed by atoms with Crippen molar-refractivity contribution in [2.24, 2.45) is 0 Å². The minimum atomic E-state index is -0.795. The van der Waals surface area contributed by atoms with Crippen LogP contribution in [0.3, 0.4) is 0 Å². The second kappa shape index (κ2) is 40.2. The third kappa shape index (κ3) is 28.6. The molecule has 0 aromatic rings. The van der Waals surface area contributed by atoms with Crippen molar-refractivity contribution in [1.82, 2.24) is 0 Å². The minimum absolute atomic E-state index is 0.549. The summed E-state index contributed by atoms with van der Waals surface area (Å²) in [5.74, 6) is 3.00. The van der Waals surface area contributed by atoms with Crippen LogP contribution in [0.2, 0.25) is 0 Å². The van der Waals surface area contributed by atoms with Crippen LogP contribution in [-0.2, 0) is 33.2 Å². The predicted octanol–water partition coefficient (Wildman–Crippen LogP) is 14.5. The lowest BCUT2D eigenvalue weighted by Gasteiger charge is -2.30. The third-order valence-electron chi connectivity index (χ3n) is 9.16. The molecule has 0 aliphatic rings. The molecule has 0 N–H and O–H groups in total. The van der Waals surface area contributed by atoms with Gasteiger partial charge in [0.25, 0.3) is 0 Å². The van der Waals surface area contributed by atoms with Gasteiger partial charge in [-0.15, -0.1) is 0 Å². The summed E-state index contributed by atoms with van der Waals surface area (Å²) >= 11 is 0. The SMILES string of the molecule is CCCCCCCCCCC(OCCC)=C(OCCC)C(OCCCC)OC(OCCCC)C(OCCC)=C(CCCCCCCCCC)OCCC. The Morgan fingerprint density at radius 2 is 0.604 bits per heavy atom. The maximum absolute atomic E-state index is 6.98. The lowest BCUT2D eigenvalue weighted by atomic mass is 10.1. The van der Waals surface area contributed by atoms with Crippen LogP contribution in [0, 0.1) is 0 Å². The van der Waals surface area contributed by atoms with Gasteiger partial charge in [-0.25, -0.2) is 0 Å². The smallest absolute Gasteiger partial charge is 0.223 e. The average Bonchev–Trinajstić information content (AvgIpc) is 3.17. The first-order valence-electron chi connectivity index (χ1n) is 22.9. The van der Waals surface area contributed by atoms with Crippen LogP contribution in [0.15, 0.2) is 23.0 Å². The van der Waals surface area contributed by atoms with Crippen LogP contribution in [0.5, 0.6) is 0 Å². The number of hydrogen-bond donors (Lipinski definition) is 0. The summed E-state index contributed by atoms with van der Waals surface area (Å²) in [5, 5.41) is 0. The van der Waals surface area contributed by atoms with Gasteiger partial charge in [0.15, 0.2) is 11.5 Å². The maximum Gasteiger partial charge on any atom is 0.223 e. The Morgan fingerprint density at radius 3 is 0.925 bits per heavy atom. The molecule has 0 heterocycles. The molecule has 0 bridgehead atoms. The normalized spacial score (nSPS) is 13.7. The highest BCUT2D eigenvalue weighted by atomic mass is 16.8. The first kappa shape index (κ1) is 51.6. The molecule has 7 heteroatoms. The van der Waals surface area contributed by atoms with Crippen molar-refractivity contribution in [3.05, 3.63) is 23.0 Å². The predicted molar refractivity (Wildman–Crippen MR) is 224 cm³/mol. The van der Waals surface area contributed by atoms with Crippen LogP contribution < -0.4 is 0 Å². The molecule has 316 valence electrons. The van der Waals surface area contributed by atoms with Gasteiger partial charge in [-0.05, 0) is 51.4 Å². The number of ether oxygens (including phenoxy) is 7. The van der Waals surface area contributed by atoms with E-state index in [1.54, 1.807) is 0 Å². The van der Waals surface area contributed by atoms with E-state index in [4.69, 9.17) is 33.2 Å². The Labute approximate surface area is 330 Å². The Hall–Kier alpha value is -1.44. The highest BCUT2D eigenvalue weighted by Crippen LogP contribution is 2.29. The van der Waals surface area contributed by atoms with E-state index in [0.29, 0.717) is 51.2 Å². The number of allylic oxidation sites excluding steroid dienone is 2. The molecule has 0 aromatic heterocycles. The third-order valence-corrected chi connectivity index (χ3v) is 9.16. The van der Waals surface area contributed by atoms with E-state index < -0.39 is 12.6 Å². The second-order valence-electron chi connectivity index (χ2n) is 14.7. The van der Waals surface area contributed by atoms with Crippen LogP contribution >= 0.6 is 0 Å². The molecule has 2 unspecified atom stereocenters. The number of unbranched alkanes of at least 4 members (excludes halogenated alkanes) is 16. The van der Waals surface area contributed by atoms with E-state index in [9.17, 15) is 0 Å². The molecule has 53 heavy (non-hydrogen) atoms. The Kier molecular flexibility index (Phi) is 39.1. The summed E-state index contributed by atoms with van der Waals surface area (Å²) in [6, 6.07) is 0. The van der Waals surface area contributed by atoms with E-state index in [1.165, 1.54) is 89.9 Å². The van der Waals surface area contributed by atoms with Crippen molar-refractivity contribution in [2.75, 3.05) is 39.6 Å². The second-order valence-corrected chi connectivity index (χ2v) is 14.7. The molecule has 0 spiro atoms. The lowest BCUT2D eigenvalue weighted by molar-refractivity contribution is -0.242. The van der Waals surface area contributed by atoms with Crippen LogP contribution in [0.25, 0.3) is 0 Å². The van der Waals surface area contributed by atoms with Gasteiger partial charge in [-0.2, -0.15) is 0 Å². The van der Waals surface area contributed by atoms with Crippen LogP contribution in [0.4, 0.5) is 0 Å². The molecule has 0 amide bonds. The fourth-order valence-electron chi connectivity index (χ4n) is 5.94. The van der Waals surface area contributed by atoms with E-state index in [1.807, 2.05) is 0 Å². The topological polar surface area (TPSA) is 64.6 Å². The minimum Gasteiger partial charge on any atom is -0.494 e. The lowest BCUT2D eigenvalue weighted by Crippen LogP contribution is -2.34. The maximum atomic E-state index is 6.98. The number of hydrogen-bond acceptors (Lipinski definition) is 7. The largest absolute Gasteiger partial charge is 0.494 e. The molecule has 0 fully saturated rings. The van der Waals surface area contributed by atoms with E-state index in [0.717, 1.165) is 88.6 Å². The molecule has 0 aliphatic heterocycles. The highest BCUT2D eigenvalue weighted by Gasteiger charge is 2.32.